The van der Waals surface area contributed by atoms with Gasteiger partial charge in [-0.3, -0.25) is 4.98 Å². The van der Waals surface area contributed by atoms with Crippen LogP contribution in [0.5, 0.6) is 0 Å². The predicted octanol–water partition coefficient (Wildman–Crippen LogP) is 1.65. The summed E-state index contributed by atoms with van der Waals surface area (Å²) in [5.74, 6) is 0. The van der Waals surface area contributed by atoms with Crippen molar-refractivity contribution in [3.63, 3.8) is 0 Å². The van der Waals surface area contributed by atoms with Crippen LogP contribution in [0, 0.1) is 0 Å². The van der Waals surface area contributed by atoms with Gasteiger partial charge in [0.2, 0.25) is 0 Å². The van der Waals surface area contributed by atoms with Crippen LogP contribution in [0.1, 0.15) is 4.88 Å². The minimum Gasteiger partial charge on any atom is -0.252 e. The normalized spacial score (nSPS) is 13.0. The first-order valence-corrected chi connectivity index (χ1v) is 6.65. The molecule has 0 fully saturated rings. The lowest BCUT2D eigenvalue weighted by molar-refractivity contribution is 1.17. The zero-order valence-corrected chi connectivity index (χ0v) is 9.73. The third-order valence-corrected chi connectivity index (χ3v) is 3.86. The van der Waals surface area contributed by atoms with Gasteiger partial charge in [0.15, 0.2) is 0 Å². The minimum atomic E-state index is 1.08. The summed E-state index contributed by atoms with van der Waals surface area (Å²) >= 11 is 3.38. The maximum absolute atomic E-state index is 4.51. The van der Waals surface area contributed by atoms with Crippen LogP contribution in [-0.4, -0.2) is 11.2 Å². The van der Waals surface area contributed by atoms with Crippen molar-refractivity contribution >= 4 is 28.8 Å². The van der Waals surface area contributed by atoms with Gasteiger partial charge >= 0.3 is 0 Å². The first kappa shape index (κ1) is 9.12. The lowest BCUT2D eigenvalue weighted by Crippen LogP contribution is -2.34. The van der Waals surface area contributed by atoms with E-state index in [-0.39, 0.29) is 0 Å². The van der Waals surface area contributed by atoms with Crippen molar-refractivity contribution in [1.82, 2.24) is 4.98 Å². The highest BCUT2D eigenvalue weighted by Gasteiger charge is 2.11. The molecule has 1 aliphatic heterocycles. The first-order valence-electron chi connectivity index (χ1n) is 4.54. The first-order chi connectivity index (χ1) is 7.38. The number of thioether (sulfide) groups is 1. The van der Waals surface area contributed by atoms with Gasteiger partial charge in [0.1, 0.15) is 0 Å². The molecule has 1 aromatic carbocycles. The van der Waals surface area contributed by atoms with Crippen LogP contribution in [-0.2, 0) is 0 Å². The van der Waals surface area contributed by atoms with Gasteiger partial charge in [-0.2, -0.15) is 0 Å². The smallest absolute Gasteiger partial charge is 0.0919 e. The number of benzene rings is 1. The van der Waals surface area contributed by atoms with Crippen molar-refractivity contribution in [2.75, 3.05) is 6.26 Å². The zero-order valence-electron chi connectivity index (χ0n) is 8.10. The molecule has 0 saturated heterocycles. The lowest BCUT2D eigenvalue weighted by Gasteiger charge is -2.08. The summed E-state index contributed by atoms with van der Waals surface area (Å²) in [6.45, 7) is 0. The molecule has 74 valence electrons. The zero-order chi connectivity index (χ0) is 10.3. The summed E-state index contributed by atoms with van der Waals surface area (Å²) in [4.78, 5) is 11.0. The highest BCUT2D eigenvalue weighted by molar-refractivity contribution is 7.98. The van der Waals surface area contributed by atoms with Crippen molar-refractivity contribution in [2.45, 2.75) is 4.90 Å². The van der Waals surface area contributed by atoms with Gasteiger partial charge in [-0.25, -0.2) is 4.99 Å². The van der Waals surface area contributed by atoms with Crippen LogP contribution in [0.15, 0.2) is 39.8 Å². The molecule has 0 bridgehead atoms. The molecule has 2 aromatic rings. The summed E-state index contributed by atoms with van der Waals surface area (Å²) in [5, 5.41) is 2.35. The summed E-state index contributed by atoms with van der Waals surface area (Å²) in [7, 11) is 0. The fraction of sp³-hybridized carbons (Fsp3) is 0.0909. The van der Waals surface area contributed by atoms with E-state index in [9.17, 15) is 0 Å². The topological polar surface area (TPSA) is 25.2 Å². The Bertz CT molecular complexity index is 615. The van der Waals surface area contributed by atoms with E-state index in [1.807, 2.05) is 11.7 Å². The van der Waals surface area contributed by atoms with Crippen LogP contribution in [0.25, 0.3) is 5.70 Å². The quantitative estimate of drug-likeness (QED) is 0.736. The second kappa shape index (κ2) is 3.47. The molecule has 3 rings (SSSR count). The van der Waals surface area contributed by atoms with E-state index in [1.54, 1.807) is 23.1 Å². The Morgan fingerprint density at radius 1 is 1.33 bits per heavy atom. The number of hydrogen-bond acceptors (Lipinski definition) is 4. The highest BCUT2D eigenvalue weighted by atomic mass is 32.2. The van der Waals surface area contributed by atoms with Gasteiger partial charge in [-0.1, -0.05) is 0 Å². The average molecular weight is 232 g/mol. The Labute approximate surface area is 95.4 Å². The molecule has 15 heavy (non-hydrogen) atoms. The molecule has 0 unspecified atom stereocenters. The number of fused-ring (bicyclic) bond motifs is 1. The Balaban J connectivity index is 2.17. The lowest BCUT2D eigenvalue weighted by atomic mass is 10.1. The molecule has 4 heteroatoms. The number of hydrogen-bond donors (Lipinski definition) is 0. The maximum Gasteiger partial charge on any atom is 0.0919 e. The second-order valence-corrected chi connectivity index (χ2v) is 4.98. The summed E-state index contributed by atoms with van der Waals surface area (Å²) in [6, 6.07) is 6.41. The highest BCUT2D eigenvalue weighted by Crippen LogP contribution is 2.19. The minimum absolute atomic E-state index is 1.08. The van der Waals surface area contributed by atoms with E-state index in [2.05, 4.69) is 34.4 Å². The van der Waals surface area contributed by atoms with Crippen LogP contribution in [0.2, 0.25) is 0 Å². The van der Waals surface area contributed by atoms with Gasteiger partial charge < -0.3 is 0 Å². The van der Waals surface area contributed by atoms with Gasteiger partial charge in [0, 0.05) is 16.3 Å². The van der Waals surface area contributed by atoms with Crippen molar-refractivity contribution in [3.8, 4) is 0 Å². The van der Waals surface area contributed by atoms with E-state index < -0.39 is 0 Å². The number of aromatic nitrogens is 1. The summed E-state index contributed by atoms with van der Waals surface area (Å²) in [6.07, 6.45) is 3.95. The third kappa shape index (κ3) is 1.41. The Kier molecular flexibility index (Phi) is 2.11. The molecule has 0 spiro atoms. The molecular weight excluding hydrogens is 224 g/mol. The fourth-order valence-corrected chi connectivity index (χ4v) is 2.64. The van der Waals surface area contributed by atoms with E-state index in [1.165, 1.54) is 10.1 Å². The van der Waals surface area contributed by atoms with Gasteiger partial charge in [-0.15, -0.1) is 23.1 Å². The SMILES string of the molecule is CSc1ccc2c(c1)=NC=2c1cncs1. The molecule has 0 atom stereocenters. The second-order valence-electron chi connectivity index (χ2n) is 3.21. The van der Waals surface area contributed by atoms with Crippen molar-refractivity contribution < 1.29 is 0 Å². The van der Waals surface area contributed by atoms with E-state index >= 15 is 0 Å². The Morgan fingerprint density at radius 2 is 2.27 bits per heavy atom. The molecular formula is C11H8N2S2. The van der Waals surface area contributed by atoms with Gasteiger partial charge in [0.25, 0.3) is 0 Å². The Hall–Kier alpha value is -1.13. The predicted molar refractivity (Wildman–Crippen MR) is 63.6 cm³/mol. The molecule has 1 aliphatic rings. The van der Waals surface area contributed by atoms with Crippen molar-refractivity contribution in [2.24, 2.45) is 4.99 Å². The van der Waals surface area contributed by atoms with Gasteiger partial charge in [-0.05, 0) is 24.5 Å². The number of rotatable bonds is 2. The molecule has 0 N–H and O–H groups in total. The van der Waals surface area contributed by atoms with E-state index in [4.69, 9.17) is 0 Å². The number of thiazole rings is 1. The monoisotopic (exact) mass is 232 g/mol. The van der Waals surface area contributed by atoms with E-state index in [0.29, 0.717) is 0 Å². The van der Waals surface area contributed by atoms with Gasteiger partial charge in [0.05, 0.1) is 21.4 Å². The molecule has 2 nitrogen and oxygen atoms in total. The summed E-state index contributed by atoms with van der Waals surface area (Å²) < 4.78 is 0. The van der Waals surface area contributed by atoms with E-state index in [0.717, 1.165) is 15.9 Å². The maximum atomic E-state index is 4.51. The van der Waals surface area contributed by atoms with Crippen molar-refractivity contribution in [1.29, 1.82) is 0 Å². The molecule has 2 heterocycles. The standard InChI is InChI=1S/C11H8N2S2/c1-14-7-2-3-8-9(4-7)13-11(8)10-5-12-6-15-10/h2-6H,1H3. The largest absolute Gasteiger partial charge is 0.252 e. The van der Waals surface area contributed by atoms with Crippen LogP contribution >= 0.6 is 23.1 Å². The molecule has 1 aromatic heterocycles. The van der Waals surface area contributed by atoms with Crippen LogP contribution in [0.4, 0.5) is 0 Å². The van der Waals surface area contributed by atoms with Crippen LogP contribution < -0.4 is 10.6 Å². The molecule has 0 aliphatic carbocycles. The summed E-state index contributed by atoms with van der Waals surface area (Å²) in [5.41, 5.74) is 2.92. The molecule has 0 amide bonds. The fourth-order valence-electron chi connectivity index (χ4n) is 1.58. The number of nitrogens with zero attached hydrogens (tertiary/aromatic N) is 2. The molecule has 0 saturated carbocycles. The third-order valence-electron chi connectivity index (χ3n) is 2.36. The Morgan fingerprint density at radius 3 is 2.93 bits per heavy atom. The van der Waals surface area contributed by atoms with Crippen LogP contribution in [0.3, 0.4) is 0 Å². The average Bonchev–Trinajstić information content (AvgIpc) is 2.73. The molecule has 0 radical (unpaired) electrons. The van der Waals surface area contributed by atoms with Crippen molar-refractivity contribution in [3.05, 3.63) is 45.4 Å².